The topological polar surface area (TPSA) is 119 Å². The molecule has 0 fully saturated rings. The molecule has 0 aromatic heterocycles. The van der Waals surface area contributed by atoms with E-state index in [0.717, 1.165) is 11.1 Å². The van der Waals surface area contributed by atoms with E-state index in [9.17, 15) is 24.7 Å². The number of hydroxylamine groups is 2. The zero-order valence-corrected chi connectivity index (χ0v) is 22.1. The number of halogens is 1. The van der Waals surface area contributed by atoms with Crippen molar-refractivity contribution in [3.05, 3.63) is 70.7 Å². The molecule has 0 bridgehead atoms. The monoisotopic (exact) mass is 517 g/mol. The number of aliphatic hydroxyl groups is 1. The van der Waals surface area contributed by atoms with Gasteiger partial charge in [-0.3, -0.25) is 19.6 Å². The van der Waals surface area contributed by atoms with E-state index in [1.54, 1.807) is 46.8 Å². The standard InChI is InChI=1S/C27H36ClN3O5/c1-17(2)16-31(36)26(35)21(32)15-22(33)29-24(27(3,4)5)25(34)30-23(18-9-7-6-8-10-18)19-11-13-20(28)14-12-19/h6-14,17,21,23-24,32,36H,15-16H2,1-5H3,(H,29,33)(H,30,34)/t21-,23?,24-/m1/s1. The van der Waals surface area contributed by atoms with Gasteiger partial charge in [0.1, 0.15) is 12.1 Å². The van der Waals surface area contributed by atoms with Crippen molar-refractivity contribution >= 4 is 29.3 Å². The van der Waals surface area contributed by atoms with Crippen molar-refractivity contribution in [3.8, 4) is 0 Å². The quantitative estimate of drug-likeness (QED) is 0.283. The third-order valence-electron chi connectivity index (χ3n) is 5.51. The second-order valence-corrected chi connectivity index (χ2v) is 10.7. The number of hydrogen-bond acceptors (Lipinski definition) is 5. The maximum atomic E-state index is 13.5. The summed E-state index contributed by atoms with van der Waals surface area (Å²) < 4.78 is 0. The van der Waals surface area contributed by atoms with Gasteiger partial charge in [-0.15, -0.1) is 0 Å². The lowest BCUT2D eigenvalue weighted by atomic mass is 9.85. The van der Waals surface area contributed by atoms with Gasteiger partial charge in [-0.25, -0.2) is 5.06 Å². The molecule has 3 amide bonds. The van der Waals surface area contributed by atoms with E-state index < -0.39 is 47.7 Å². The molecule has 0 radical (unpaired) electrons. The van der Waals surface area contributed by atoms with Crippen molar-refractivity contribution < 1.29 is 24.7 Å². The Hall–Kier alpha value is -2.94. The van der Waals surface area contributed by atoms with Gasteiger partial charge in [-0.2, -0.15) is 0 Å². The van der Waals surface area contributed by atoms with E-state index in [2.05, 4.69) is 10.6 Å². The first-order chi connectivity index (χ1) is 16.8. The van der Waals surface area contributed by atoms with Crippen LogP contribution in [-0.2, 0) is 14.4 Å². The molecule has 8 nitrogen and oxygen atoms in total. The Kier molecular flexibility index (Phi) is 10.5. The van der Waals surface area contributed by atoms with E-state index >= 15 is 0 Å². The predicted molar refractivity (Wildman–Crippen MR) is 138 cm³/mol. The van der Waals surface area contributed by atoms with E-state index in [1.807, 2.05) is 42.5 Å². The number of nitrogens with one attached hydrogen (secondary N) is 2. The van der Waals surface area contributed by atoms with Crippen LogP contribution < -0.4 is 10.6 Å². The van der Waals surface area contributed by atoms with E-state index in [0.29, 0.717) is 10.1 Å². The molecule has 36 heavy (non-hydrogen) atoms. The molecule has 0 saturated carbocycles. The van der Waals surface area contributed by atoms with Gasteiger partial charge < -0.3 is 15.7 Å². The third kappa shape index (κ3) is 8.62. The Morgan fingerprint density at radius 2 is 1.50 bits per heavy atom. The van der Waals surface area contributed by atoms with Crippen LogP contribution >= 0.6 is 11.6 Å². The molecule has 2 aromatic rings. The average molecular weight is 518 g/mol. The fourth-order valence-electron chi connectivity index (χ4n) is 3.65. The molecule has 3 atom stereocenters. The fraction of sp³-hybridized carbons (Fsp3) is 0.444. The maximum absolute atomic E-state index is 13.5. The van der Waals surface area contributed by atoms with Crippen LogP contribution in [0.5, 0.6) is 0 Å². The predicted octanol–water partition coefficient (Wildman–Crippen LogP) is 3.70. The van der Waals surface area contributed by atoms with Crippen LogP contribution in [0.2, 0.25) is 5.02 Å². The molecule has 0 aliphatic carbocycles. The Bertz CT molecular complexity index is 1020. The lowest BCUT2D eigenvalue weighted by molar-refractivity contribution is -0.177. The summed E-state index contributed by atoms with van der Waals surface area (Å²) in [5.74, 6) is -2.11. The van der Waals surface area contributed by atoms with Crippen molar-refractivity contribution in [1.29, 1.82) is 0 Å². The largest absolute Gasteiger partial charge is 0.383 e. The SMILES string of the molecule is CC(C)CN(O)C(=O)[C@H](O)CC(=O)N[C@H](C(=O)NC(c1ccccc1)c1ccc(Cl)cc1)C(C)(C)C. The first-order valence-electron chi connectivity index (χ1n) is 11.9. The molecule has 0 spiro atoms. The highest BCUT2D eigenvalue weighted by Gasteiger charge is 2.35. The van der Waals surface area contributed by atoms with Crippen molar-refractivity contribution in [1.82, 2.24) is 15.7 Å². The number of hydrogen-bond donors (Lipinski definition) is 4. The van der Waals surface area contributed by atoms with Gasteiger partial charge >= 0.3 is 0 Å². The first kappa shape index (κ1) is 29.3. The lowest BCUT2D eigenvalue weighted by Gasteiger charge is -2.32. The summed E-state index contributed by atoms with van der Waals surface area (Å²) in [6.45, 7) is 9.03. The second kappa shape index (κ2) is 12.9. The molecule has 1 unspecified atom stereocenters. The lowest BCUT2D eigenvalue weighted by Crippen LogP contribution is -2.55. The summed E-state index contributed by atoms with van der Waals surface area (Å²) in [6.07, 6.45) is -2.32. The fourth-order valence-corrected chi connectivity index (χ4v) is 3.78. The van der Waals surface area contributed by atoms with Gasteiger partial charge in [0, 0.05) is 5.02 Å². The van der Waals surface area contributed by atoms with Crippen LogP contribution in [-0.4, -0.2) is 51.8 Å². The normalized spacial score (nSPS) is 14.0. The minimum atomic E-state index is -1.73. The van der Waals surface area contributed by atoms with Gasteiger partial charge in [0.25, 0.3) is 5.91 Å². The maximum Gasteiger partial charge on any atom is 0.275 e. The molecule has 9 heteroatoms. The molecule has 4 N–H and O–H groups in total. The van der Waals surface area contributed by atoms with Crippen LogP contribution in [0.15, 0.2) is 54.6 Å². The Morgan fingerprint density at radius 1 is 0.944 bits per heavy atom. The molecule has 0 heterocycles. The average Bonchev–Trinajstić information content (AvgIpc) is 2.80. The van der Waals surface area contributed by atoms with Gasteiger partial charge in [0.05, 0.1) is 19.0 Å². The minimum absolute atomic E-state index is 0.0212. The van der Waals surface area contributed by atoms with Crippen LogP contribution in [0, 0.1) is 11.3 Å². The van der Waals surface area contributed by atoms with Crippen molar-refractivity contribution in [2.45, 2.75) is 59.2 Å². The molecule has 0 saturated heterocycles. The van der Waals surface area contributed by atoms with Crippen molar-refractivity contribution in [3.63, 3.8) is 0 Å². The number of rotatable bonds is 10. The summed E-state index contributed by atoms with van der Waals surface area (Å²) >= 11 is 6.05. The molecular formula is C27H36ClN3O5. The number of nitrogens with zero attached hydrogens (tertiary/aromatic N) is 1. The number of benzene rings is 2. The highest BCUT2D eigenvalue weighted by atomic mass is 35.5. The molecule has 2 rings (SSSR count). The van der Waals surface area contributed by atoms with Crippen LogP contribution in [0.3, 0.4) is 0 Å². The highest BCUT2D eigenvalue weighted by Crippen LogP contribution is 2.26. The summed E-state index contributed by atoms with van der Waals surface area (Å²) in [5.41, 5.74) is 0.977. The first-order valence-corrected chi connectivity index (χ1v) is 12.3. The van der Waals surface area contributed by atoms with Gasteiger partial charge in [0.15, 0.2) is 0 Å². The summed E-state index contributed by atoms with van der Waals surface area (Å²) in [5, 5.41) is 26.6. The molecule has 0 aliphatic heterocycles. The summed E-state index contributed by atoms with van der Waals surface area (Å²) in [7, 11) is 0. The highest BCUT2D eigenvalue weighted by molar-refractivity contribution is 6.30. The molecular weight excluding hydrogens is 482 g/mol. The van der Waals surface area contributed by atoms with Gasteiger partial charge in [-0.1, -0.05) is 88.7 Å². The summed E-state index contributed by atoms with van der Waals surface area (Å²) in [6, 6.07) is 15.1. The van der Waals surface area contributed by atoms with Gasteiger partial charge in [-0.05, 0) is 34.6 Å². The zero-order valence-electron chi connectivity index (χ0n) is 21.4. The summed E-state index contributed by atoms with van der Waals surface area (Å²) in [4.78, 5) is 38.3. The molecule has 0 aliphatic rings. The minimum Gasteiger partial charge on any atom is -0.383 e. The Balaban J connectivity index is 2.19. The smallest absolute Gasteiger partial charge is 0.275 e. The Morgan fingerprint density at radius 3 is 2.03 bits per heavy atom. The van der Waals surface area contributed by atoms with E-state index in [-0.39, 0.29) is 12.5 Å². The number of carbonyl (C=O) groups is 3. The number of amides is 3. The van der Waals surface area contributed by atoms with Crippen molar-refractivity contribution in [2.75, 3.05) is 6.54 Å². The van der Waals surface area contributed by atoms with E-state index in [1.165, 1.54) is 0 Å². The number of carbonyl (C=O) groups excluding carboxylic acids is 3. The zero-order chi connectivity index (χ0) is 27.0. The molecule has 196 valence electrons. The molecule has 2 aromatic carbocycles. The Labute approximate surface area is 217 Å². The van der Waals surface area contributed by atoms with E-state index in [4.69, 9.17) is 11.6 Å². The van der Waals surface area contributed by atoms with Crippen molar-refractivity contribution in [2.24, 2.45) is 11.3 Å². The van der Waals surface area contributed by atoms with Crippen LogP contribution in [0.1, 0.15) is 58.2 Å². The van der Waals surface area contributed by atoms with Gasteiger partial charge in [0.2, 0.25) is 11.8 Å². The second-order valence-electron chi connectivity index (χ2n) is 10.3. The third-order valence-corrected chi connectivity index (χ3v) is 5.76. The van der Waals surface area contributed by atoms with Crippen LogP contribution in [0.25, 0.3) is 0 Å². The van der Waals surface area contributed by atoms with Crippen LogP contribution in [0.4, 0.5) is 0 Å². The number of aliphatic hydroxyl groups excluding tert-OH is 1.